The average molecular weight is 673 g/mol. The molecule has 0 unspecified atom stereocenters. The predicted molar refractivity (Wildman–Crippen MR) is 165 cm³/mol. The number of benzene rings is 1. The smallest absolute Gasteiger partial charge is 0.355 e. The zero-order chi connectivity index (χ0) is 29.6. The van der Waals surface area contributed by atoms with E-state index in [0.717, 1.165) is 5.56 Å². The summed E-state index contributed by atoms with van der Waals surface area (Å²) >= 11 is 2.03. The lowest BCUT2D eigenvalue weighted by Crippen LogP contribution is -2.54. The molecule has 1 amide bonds. The van der Waals surface area contributed by atoms with Gasteiger partial charge in [0.05, 0.1) is 22.3 Å². The molecule has 1 aromatic carbocycles. The van der Waals surface area contributed by atoms with E-state index in [1.54, 1.807) is 23.2 Å². The van der Waals surface area contributed by atoms with Crippen LogP contribution in [0.15, 0.2) is 54.0 Å². The van der Waals surface area contributed by atoms with E-state index in [0.29, 0.717) is 40.0 Å². The molecule has 4 aromatic rings. The lowest BCUT2D eigenvalue weighted by molar-refractivity contribution is -0.126. The van der Waals surface area contributed by atoms with E-state index in [2.05, 4.69) is 16.5 Å². The number of carbonyl (C=O) groups excluding carboxylic acids is 1. The molecule has 0 radical (unpaired) electrons. The van der Waals surface area contributed by atoms with E-state index in [-0.39, 0.29) is 46.3 Å². The average Bonchev–Trinajstić information content (AvgIpc) is 2.93. The SMILES string of the molecule is C=CC(=O)N1CCN(c2nc(=O)n(-c3c(C)ccnc3C(C)C)c3nc(-c4c(O)cccc4[131I])c(F)cc23)[C@@H](C)C1. The Balaban J connectivity index is 1.83. The molecule has 1 aliphatic heterocycles. The maximum atomic E-state index is 16.0. The van der Waals surface area contributed by atoms with Crippen LogP contribution in [0.5, 0.6) is 5.75 Å². The molecular formula is C30H30FIN6O3. The van der Waals surface area contributed by atoms with Gasteiger partial charge >= 0.3 is 5.69 Å². The number of phenols is 1. The molecule has 1 fully saturated rings. The van der Waals surface area contributed by atoms with Crippen LogP contribution in [0.2, 0.25) is 0 Å². The van der Waals surface area contributed by atoms with Gasteiger partial charge in [0.2, 0.25) is 5.91 Å². The van der Waals surface area contributed by atoms with Crippen LogP contribution in [-0.4, -0.2) is 61.1 Å². The summed E-state index contributed by atoms with van der Waals surface area (Å²) < 4.78 is 18.0. The standard InChI is InChI=1S/C30H30FIN6O3/c1-6-23(40)36-12-13-37(18(5)15-36)28-19-14-20(31)26(24-21(32)8-7-9-22(24)39)34-29(19)38(30(41)35-28)27-17(4)10-11-33-25(27)16(2)3/h6-11,14,16,18,39H,1,12-13,15H2,2-5H3/t18-/m0/s1/i32+4. The second-order valence-corrected chi connectivity index (χ2v) is 11.6. The highest BCUT2D eigenvalue weighted by Gasteiger charge is 2.31. The first kappa shape index (κ1) is 28.7. The Morgan fingerprint density at radius 1 is 1.24 bits per heavy atom. The van der Waals surface area contributed by atoms with Crippen molar-refractivity contribution in [3.8, 4) is 22.7 Å². The van der Waals surface area contributed by atoms with Gasteiger partial charge in [-0.25, -0.2) is 18.7 Å². The zero-order valence-corrected chi connectivity index (χ0v) is 25.4. The van der Waals surface area contributed by atoms with Crippen LogP contribution < -0.4 is 10.6 Å². The third-order valence-electron chi connectivity index (χ3n) is 7.34. The molecule has 0 saturated carbocycles. The molecule has 3 aromatic heterocycles. The Morgan fingerprint density at radius 3 is 2.66 bits per heavy atom. The van der Waals surface area contributed by atoms with Crippen LogP contribution >= 0.6 is 22.6 Å². The molecular weight excluding hydrogens is 642 g/mol. The Morgan fingerprint density at radius 2 is 2.00 bits per heavy atom. The molecule has 0 spiro atoms. The molecule has 212 valence electrons. The molecule has 0 aliphatic carbocycles. The highest BCUT2D eigenvalue weighted by atomic mass is 131. The summed E-state index contributed by atoms with van der Waals surface area (Å²) in [4.78, 5) is 43.6. The van der Waals surface area contributed by atoms with Crippen molar-refractivity contribution in [1.29, 1.82) is 0 Å². The van der Waals surface area contributed by atoms with Crippen LogP contribution in [0, 0.1) is 16.3 Å². The summed E-state index contributed by atoms with van der Waals surface area (Å²) in [7, 11) is 0. The highest BCUT2D eigenvalue weighted by Crippen LogP contribution is 2.37. The Hall–Kier alpha value is -3.87. The predicted octanol–water partition coefficient (Wildman–Crippen LogP) is 4.95. The van der Waals surface area contributed by atoms with Crippen molar-refractivity contribution in [2.45, 2.75) is 39.7 Å². The van der Waals surface area contributed by atoms with Gasteiger partial charge < -0.3 is 14.9 Å². The van der Waals surface area contributed by atoms with Gasteiger partial charge in [0, 0.05) is 35.4 Å². The number of aryl methyl sites for hydroxylation is 1. The van der Waals surface area contributed by atoms with Gasteiger partial charge in [-0.2, -0.15) is 4.98 Å². The summed E-state index contributed by atoms with van der Waals surface area (Å²) in [5, 5.41) is 11.0. The second-order valence-electron chi connectivity index (χ2n) is 10.4. The fourth-order valence-corrected chi connectivity index (χ4v) is 6.07. The fourth-order valence-electron chi connectivity index (χ4n) is 5.33. The summed E-state index contributed by atoms with van der Waals surface area (Å²) in [6.45, 7) is 12.5. The first-order valence-electron chi connectivity index (χ1n) is 13.3. The van der Waals surface area contributed by atoms with Crippen LogP contribution in [0.25, 0.3) is 28.0 Å². The number of amides is 1. The van der Waals surface area contributed by atoms with Crippen molar-refractivity contribution < 1.29 is 14.3 Å². The van der Waals surface area contributed by atoms with Crippen LogP contribution in [-0.2, 0) is 4.79 Å². The summed E-state index contributed by atoms with van der Waals surface area (Å²) in [5.74, 6) is -0.695. The molecule has 11 heteroatoms. The maximum Gasteiger partial charge on any atom is 0.355 e. The molecule has 0 bridgehead atoms. The van der Waals surface area contributed by atoms with Gasteiger partial charge in [-0.1, -0.05) is 26.5 Å². The largest absolute Gasteiger partial charge is 0.507 e. The van der Waals surface area contributed by atoms with E-state index in [1.807, 2.05) is 61.3 Å². The number of pyridine rings is 2. The Bertz CT molecular complexity index is 1730. The zero-order valence-electron chi connectivity index (χ0n) is 23.2. The monoisotopic (exact) mass is 672 g/mol. The summed E-state index contributed by atoms with van der Waals surface area (Å²) in [6.07, 6.45) is 2.97. The third-order valence-corrected chi connectivity index (χ3v) is 8.24. The number of rotatable bonds is 5. The van der Waals surface area contributed by atoms with Gasteiger partial charge in [0.1, 0.15) is 17.3 Å². The highest BCUT2D eigenvalue weighted by molar-refractivity contribution is 14.1. The number of hydrogen-bond acceptors (Lipinski definition) is 7. The lowest BCUT2D eigenvalue weighted by atomic mass is 10.0. The molecule has 1 aliphatic rings. The third kappa shape index (κ3) is 5.07. The number of phenolic OH excluding ortho intramolecular Hbond substituents is 1. The van der Waals surface area contributed by atoms with Gasteiger partial charge in [0.15, 0.2) is 11.5 Å². The molecule has 9 nitrogen and oxygen atoms in total. The molecule has 4 heterocycles. The number of aromatic hydroxyl groups is 1. The number of fused-ring (bicyclic) bond motifs is 1. The van der Waals surface area contributed by atoms with Gasteiger partial charge in [0.25, 0.3) is 0 Å². The van der Waals surface area contributed by atoms with E-state index < -0.39 is 11.5 Å². The quantitative estimate of drug-likeness (QED) is 0.237. The summed E-state index contributed by atoms with van der Waals surface area (Å²) in [6, 6.07) is 7.81. The normalized spacial score (nSPS) is 15.5. The Kier molecular flexibility index (Phi) is 7.82. The van der Waals surface area contributed by atoms with E-state index in [9.17, 15) is 14.7 Å². The van der Waals surface area contributed by atoms with E-state index in [1.165, 1.54) is 22.8 Å². The van der Waals surface area contributed by atoms with Gasteiger partial charge in [-0.05, 0) is 78.3 Å². The number of nitrogens with zero attached hydrogens (tertiary/aromatic N) is 6. The number of piperazine rings is 1. The number of aromatic nitrogens is 4. The molecule has 5 rings (SSSR count). The number of halogens is 2. The minimum absolute atomic E-state index is 0.0268. The minimum atomic E-state index is -0.662. The van der Waals surface area contributed by atoms with E-state index in [4.69, 9.17) is 4.98 Å². The van der Waals surface area contributed by atoms with Crippen molar-refractivity contribution in [3.05, 3.63) is 80.3 Å². The van der Waals surface area contributed by atoms with Crippen LogP contribution in [0.1, 0.15) is 37.9 Å². The van der Waals surface area contributed by atoms with Crippen molar-refractivity contribution in [2.75, 3.05) is 24.5 Å². The molecule has 1 N–H and O–H groups in total. The molecule has 41 heavy (non-hydrogen) atoms. The molecule has 1 saturated heterocycles. The lowest BCUT2D eigenvalue weighted by Gasteiger charge is -2.40. The minimum Gasteiger partial charge on any atom is -0.507 e. The van der Waals surface area contributed by atoms with Crippen LogP contribution in [0.4, 0.5) is 10.2 Å². The second kappa shape index (κ2) is 11.2. The van der Waals surface area contributed by atoms with E-state index >= 15 is 4.39 Å². The van der Waals surface area contributed by atoms with Crippen molar-refractivity contribution in [3.63, 3.8) is 0 Å². The van der Waals surface area contributed by atoms with Crippen molar-refractivity contribution in [2.24, 2.45) is 0 Å². The van der Waals surface area contributed by atoms with Gasteiger partial charge in [-0.3, -0.25) is 9.78 Å². The Labute approximate surface area is 250 Å². The van der Waals surface area contributed by atoms with Crippen LogP contribution in [0.3, 0.4) is 0 Å². The first-order valence-corrected chi connectivity index (χ1v) is 14.4. The van der Waals surface area contributed by atoms with Crippen molar-refractivity contribution >= 4 is 45.3 Å². The molecule has 1 atom stereocenters. The maximum absolute atomic E-state index is 16.0. The number of hydrogen-bond donors (Lipinski definition) is 1. The number of anilines is 1. The van der Waals surface area contributed by atoms with Gasteiger partial charge in [-0.15, -0.1) is 0 Å². The topological polar surface area (TPSA) is 104 Å². The fraction of sp³-hybridized carbons (Fsp3) is 0.300. The number of carbonyl (C=O) groups is 1. The van der Waals surface area contributed by atoms with Crippen molar-refractivity contribution in [1.82, 2.24) is 24.4 Å². The first-order chi connectivity index (χ1) is 19.5. The summed E-state index contributed by atoms with van der Waals surface area (Å²) in [5.41, 5.74) is 1.79.